The molecule has 0 fully saturated rings. The highest BCUT2D eigenvalue weighted by Gasteiger charge is 2.20. The minimum atomic E-state index is -0.688. The van der Waals surface area contributed by atoms with Crippen LogP contribution in [0.3, 0.4) is 0 Å². The Hall–Kier alpha value is -3.36. The van der Waals surface area contributed by atoms with Gasteiger partial charge in [-0.2, -0.15) is 0 Å². The van der Waals surface area contributed by atoms with Crippen LogP contribution in [0.5, 0.6) is 11.5 Å². The van der Waals surface area contributed by atoms with Gasteiger partial charge in [0, 0.05) is 22.7 Å². The normalized spacial score (nSPS) is 11.8. The summed E-state index contributed by atoms with van der Waals surface area (Å²) in [6.07, 6.45) is 1.47. The monoisotopic (exact) mass is 469 g/mol. The van der Waals surface area contributed by atoms with Crippen molar-refractivity contribution >= 4 is 39.5 Å². The molecule has 1 atom stereocenters. The van der Waals surface area contributed by atoms with E-state index in [1.54, 1.807) is 41.9 Å². The summed E-state index contributed by atoms with van der Waals surface area (Å²) in [5.74, 6) is 0.698. The van der Waals surface area contributed by atoms with Gasteiger partial charge in [0.1, 0.15) is 18.1 Å². The average Bonchev–Trinajstić information content (AvgIpc) is 3.27. The van der Waals surface area contributed by atoms with Crippen molar-refractivity contribution in [3.63, 3.8) is 0 Å². The van der Waals surface area contributed by atoms with Crippen molar-refractivity contribution in [2.45, 2.75) is 26.1 Å². The van der Waals surface area contributed by atoms with Crippen LogP contribution in [-0.2, 0) is 11.4 Å². The molecule has 1 N–H and O–H groups in total. The van der Waals surface area contributed by atoms with Crippen LogP contribution in [0.2, 0.25) is 5.02 Å². The first kappa shape index (κ1) is 21.9. The lowest BCUT2D eigenvalue weighted by molar-refractivity contribution is -0.122. The van der Waals surface area contributed by atoms with Crippen molar-refractivity contribution in [3.8, 4) is 11.5 Å². The van der Waals surface area contributed by atoms with Gasteiger partial charge in [-0.3, -0.25) is 14.0 Å². The second-order valence-electron chi connectivity index (χ2n) is 6.89. The molecule has 0 bridgehead atoms. The van der Waals surface area contributed by atoms with E-state index in [9.17, 15) is 9.59 Å². The number of halogens is 1. The summed E-state index contributed by atoms with van der Waals surface area (Å²) in [7, 11) is 0. The SMILES string of the molecule is CC[C@H](Oc1ccccc1)C(=O)Nc1cc(Cl)ccc1OCc1cc(=O)n2ccsc2n1. The Morgan fingerprint density at radius 3 is 2.81 bits per heavy atom. The number of carbonyl (C=O) groups is 1. The molecule has 0 saturated carbocycles. The first-order chi connectivity index (χ1) is 15.5. The molecule has 9 heteroatoms. The van der Waals surface area contributed by atoms with E-state index in [-0.39, 0.29) is 18.1 Å². The third-order valence-corrected chi connectivity index (χ3v) is 5.61. The van der Waals surface area contributed by atoms with Gasteiger partial charge in [-0.05, 0) is 36.8 Å². The van der Waals surface area contributed by atoms with Gasteiger partial charge in [-0.15, -0.1) is 11.3 Å². The fourth-order valence-corrected chi connectivity index (χ4v) is 3.95. The van der Waals surface area contributed by atoms with Crippen LogP contribution in [0.25, 0.3) is 4.96 Å². The number of carbonyl (C=O) groups excluding carboxylic acids is 1. The van der Waals surface area contributed by atoms with Crippen LogP contribution >= 0.6 is 22.9 Å². The Labute approximate surface area is 193 Å². The zero-order chi connectivity index (χ0) is 22.5. The van der Waals surface area contributed by atoms with E-state index < -0.39 is 6.10 Å². The molecule has 2 aromatic heterocycles. The first-order valence-electron chi connectivity index (χ1n) is 9.94. The second-order valence-corrected chi connectivity index (χ2v) is 8.20. The molecular formula is C23H20ClN3O4S. The van der Waals surface area contributed by atoms with Crippen LogP contribution in [0.4, 0.5) is 5.69 Å². The maximum Gasteiger partial charge on any atom is 0.265 e. The molecule has 2 heterocycles. The number of anilines is 1. The van der Waals surface area contributed by atoms with Crippen LogP contribution in [0, 0.1) is 0 Å². The quantitative estimate of drug-likeness (QED) is 0.401. The van der Waals surface area contributed by atoms with Crippen molar-refractivity contribution in [2.75, 3.05) is 5.32 Å². The Morgan fingerprint density at radius 1 is 1.22 bits per heavy atom. The number of amides is 1. The summed E-state index contributed by atoms with van der Waals surface area (Å²) in [5, 5.41) is 5.08. The van der Waals surface area contributed by atoms with Gasteiger partial charge in [0.2, 0.25) is 0 Å². The van der Waals surface area contributed by atoms with Gasteiger partial charge in [0.25, 0.3) is 11.5 Å². The number of aromatic nitrogens is 2. The number of para-hydroxylation sites is 1. The van der Waals surface area contributed by atoms with Gasteiger partial charge < -0.3 is 14.8 Å². The van der Waals surface area contributed by atoms with Crippen LogP contribution in [0.15, 0.2) is 71.0 Å². The Morgan fingerprint density at radius 2 is 2.03 bits per heavy atom. The molecule has 0 saturated heterocycles. The lowest BCUT2D eigenvalue weighted by atomic mass is 10.2. The molecule has 0 aliphatic heterocycles. The third-order valence-electron chi connectivity index (χ3n) is 4.62. The van der Waals surface area contributed by atoms with Gasteiger partial charge in [0.05, 0.1) is 11.4 Å². The van der Waals surface area contributed by atoms with E-state index in [1.165, 1.54) is 21.8 Å². The zero-order valence-electron chi connectivity index (χ0n) is 17.2. The predicted molar refractivity (Wildman–Crippen MR) is 125 cm³/mol. The molecule has 4 rings (SSSR count). The van der Waals surface area contributed by atoms with E-state index in [1.807, 2.05) is 25.1 Å². The van der Waals surface area contributed by atoms with E-state index in [0.717, 1.165) is 0 Å². The van der Waals surface area contributed by atoms with E-state index in [0.29, 0.717) is 39.3 Å². The highest BCUT2D eigenvalue weighted by Crippen LogP contribution is 2.29. The number of ether oxygens (including phenoxy) is 2. The van der Waals surface area contributed by atoms with Crippen LogP contribution in [-0.4, -0.2) is 21.4 Å². The molecule has 4 aromatic rings. The summed E-state index contributed by atoms with van der Waals surface area (Å²) in [6.45, 7) is 1.93. The topological polar surface area (TPSA) is 81.9 Å². The fourth-order valence-electron chi connectivity index (χ4n) is 3.04. The number of hydrogen-bond acceptors (Lipinski definition) is 6. The number of benzene rings is 2. The van der Waals surface area contributed by atoms with E-state index in [4.69, 9.17) is 21.1 Å². The Kier molecular flexibility index (Phi) is 6.72. The van der Waals surface area contributed by atoms with Crippen molar-refractivity contribution in [2.24, 2.45) is 0 Å². The predicted octanol–water partition coefficient (Wildman–Crippen LogP) is 4.78. The number of nitrogens with one attached hydrogen (secondary N) is 1. The highest BCUT2D eigenvalue weighted by molar-refractivity contribution is 7.15. The molecular weight excluding hydrogens is 450 g/mol. The number of nitrogens with zero attached hydrogens (tertiary/aromatic N) is 2. The lowest BCUT2D eigenvalue weighted by Gasteiger charge is -2.19. The van der Waals surface area contributed by atoms with E-state index in [2.05, 4.69) is 10.3 Å². The molecule has 1 amide bonds. The Bertz CT molecular complexity index is 1290. The molecule has 2 aromatic carbocycles. The summed E-state index contributed by atoms with van der Waals surface area (Å²) < 4.78 is 13.2. The van der Waals surface area contributed by atoms with Crippen LogP contribution < -0.4 is 20.3 Å². The highest BCUT2D eigenvalue weighted by atomic mass is 35.5. The summed E-state index contributed by atoms with van der Waals surface area (Å²) in [6, 6.07) is 15.5. The smallest absolute Gasteiger partial charge is 0.265 e. The molecule has 0 spiro atoms. The number of fused-ring (bicyclic) bond motifs is 1. The second kappa shape index (κ2) is 9.84. The minimum absolute atomic E-state index is 0.0614. The molecule has 7 nitrogen and oxygen atoms in total. The summed E-state index contributed by atoms with van der Waals surface area (Å²) >= 11 is 7.51. The number of thiazole rings is 1. The largest absolute Gasteiger partial charge is 0.485 e. The standard InChI is InChI=1S/C23H20ClN3O4S/c1-2-19(31-17-6-4-3-5-7-17)22(29)26-18-12-15(24)8-9-20(18)30-14-16-13-21(28)27-10-11-32-23(27)25-16/h3-13,19H,2,14H2,1H3,(H,26,29)/t19-/m0/s1. The van der Waals surface area contributed by atoms with Crippen LogP contribution in [0.1, 0.15) is 19.0 Å². The summed E-state index contributed by atoms with van der Waals surface area (Å²) in [5.41, 5.74) is 0.721. The molecule has 0 radical (unpaired) electrons. The Balaban J connectivity index is 1.49. The number of rotatable bonds is 8. The van der Waals surface area contributed by atoms with Crippen molar-refractivity contribution in [1.29, 1.82) is 0 Å². The molecule has 164 valence electrons. The molecule has 0 aliphatic rings. The minimum Gasteiger partial charge on any atom is -0.485 e. The van der Waals surface area contributed by atoms with E-state index >= 15 is 0 Å². The number of hydrogen-bond donors (Lipinski definition) is 1. The van der Waals surface area contributed by atoms with Gasteiger partial charge in [-0.1, -0.05) is 36.7 Å². The molecule has 0 aliphatic carbocycles. The van der Waals surface area contributed by atoms with Crippen molar-refractivity contribution in [1.82, 2.24) is 9.38 Å². The van der Waals surface area contributed by atoms with Gasteiger partial charge in [-0.25, -0.2) is 4.98 Å². The van der Waals surface area contributed by atoms with Crippen molar-refractivity contribution in [3.05, 3.63) is 87.2 Å². The zero-order valence-corrected chi connectivity index (χ0v) is 18.7. The average molecular weight is 470 g/mol. The lowest BCUT2D eigenvalue weighted by Crippen LogP contribution is -2.32. The maximum atomic E-state index is 12.9. The fraction of sp³-hybridized carbons (Fsp3) is 0.174. The molecule has 0 unspecified atom stereocenters. The maximum absolute atomic E-state index is 12.9. The van der Waals surface area contributed by atoms with Gasteiger partial charge >= 0.3 is 0 Å². The molecule has 32 heavy (non-hydrogen) atoms. The van der Waals surface area contributed by atoms with Gasteiger partial charge in [0.15, 0.2) is 11.1 Å². The first-order valence-corrected chi connectivity index (χ1v) is 11.2. The third kappa shape index (κ3) is 5.09. The summed E-state index contributed by atoms with van der Waals surface area (Å²) in [4.78, 5) is 30.0. The van der Waals surface area contributed by atoms with Crippen molar-refractivity contribution < 1.29 is 14.3 Å².